The number of ether oxygens (including phenoxy) is 1. The number of fused-ring (bicyclic) bond motifs is 2. The van der Waals surface area contributed by atoms with E-state index in [9.17, 15) is 9.90 Å². The van der Waals surface area contributed by atoms with Gasteiger partial charge in [0.05, 0.1) is 12.5 Å². The van der Waals surface area contributed by atoms with Crippen molar-refractivity contribution in [2.24, 2.45) is 23.2 Å². The van der Waals surface area contributed by atoms with Crippen molar-refractivity contribution in [1.82, 2.24) is 4.90 Å². The summed E-state index contributed by atoms with van der Waals surface area (Å²) in [5.41, 5.74) is 1.67. The van der Waals surface area contributed by atoms with E-state index in [1.165, 1.54) is 31.3 Å². The lowest BCUT2D eigenvalue weighted by Gasteiger charge is -2.50. The van der Waals surface area contributed by atoms with Gasteiger partial charge in [-0.05, 0) is 62.8 Å². The van der Waals surface area contributed by atoms with Crippen molar-refractivity contribution in [1.29, 1.82) is 0 Å². The minimum absolute atomic E-state index is 0.00474. The molecular weight excluding hydrogens is 314 g/mol. The second-order valence-corrected chi connectivity index (χ2v) is 9.23. The molecule has 0 radical (unpaired) electrons. The number of aliphatic hydroxyl groups excluding tert-OH is 1. The van der Waals surface area contributed by atoms with E-state index in [-0.39, 0.29) is 36.1 Å². The fourth-order valence-electron chi connectivity index (χ4n) is 6.22. The van der Waals surface area contributed by atoms with Gasteiger partial charge < -0.3 is 9.84 Å². The first-order valence-electron chi connectivity index (χ1n) is 10.2. The number of carbonyl (C=O) groups is 1. The molecule has 6 atom stereocenters. The second-order valence-electron chi connectivity index (χ2n) is 9.23. The minimum Gasteiger partial charge on any atom is -0.462 e. The number of allylic oxidation sites excluding steroid dienone is 1. The maximum atomic E-state index is 12.7. The fraction of sp³-hybridized carbons (Fsp3) is 0.857. The van der Waals surface area contributed by atoms with Crippen LogP contribution < -0.4 is 0 Å². The highest BCUT2D eigenvalue weighted by Crippen LogP contribution is 2.57. The molecule has 4 rings (SSSR count). The summed E-state index contributed by atoms with van der Waals surface area (Å²) >= 11 is 0. The highest BCUT2D eigenvalue weighted by Gasteiger charge is 2.55. The Morgan fingerprint density at radius 1 is 1.36 bits per heavy atom. The quantitative estimate of drug-likeness (QED) is 0.629. The Balaban J connectivity index is 1.51. The second kappa shape index (κ2) is 6.70. The molecule has 0 aromatic heterocycles. The van der Waals surface area contributed by atoms with Crippen molar-refractivity contribution in [3.63, 3.8) is 0 Å². The predicted molar refractivity (Wildman–Crippen MR) is 97.0 cm³/mol. The molecule has 4 fully saturated rings. The van der Waals surface area contributed by atoms with Gasteiger partial charge in [0.15, 0.2) is 0 Å². The lowest BCUT2D eigenvalue weighted by Crippen LogP contribution is -2.48. The van der Waals surface area contributed by atoms with Gasteiger partial charge in [0.2, 0.25) is 0 Å². The monoisotopic (exact) mass is 347 g/mol. The molecule has 4 heteroatoms. The third kappa shape index (κ3) is 3.06. The first kappa shape index (κ1) is 17.5. The number of aliphatic hydroxyl groups is 1. The van der Waals surface area contributed by atoms with Gasteiger partial charge in [0.25, 0.3) is 0 Å². The number of esters is 1. The number of piperidine rings is 1. The van der Waals surface area contributed by atoms with Crippen molar-refractivity contribution in [2.45, 2.75) is 70.4 Å². The van der Waals surface area contributed by atoms with Gasteiger partial charge in [-0.15, -0.1) is 0 Å². The highest BCUT2D eigenvalue weighted by atomic mass is 16.6. The van der Waals surface area contributed by atoms with Crippen molar-refractivity contribution >= 4 is 5.97 Å². The molecule has 2 aliphatic carbocycles. The van der Waals surface area contributed by atoms with Crippen LogP contribution in [0.15, 0.2) is 12.2 Å². The number of carbonyl (C=O) groups excluding carboxylic acids is 1. The van der Waals surface area contributed by atoms with Crippen LogP contribution in [0.3, 0.4) is 0 Å². The maximum absolute atomic E-state index is 12.7. The fourth-order valence-corrected chi connectivity index (χ4v) is 6.22. The number of nitrogens with zero attached hydrogens (tertiary/aromatic N) is 1. The molecule has 0 bridgehead atoms. The van der Waals surface area contributed by atoms with Crippen LogP contribution in [0.25, 0.3) is 0 Å². The van der Waals surface area contributed by atoms with Crippen LogP contribution >= 0.6 is 0 Å². The Labute approximate surface area is 151 Å². The molecule has 0 unspecified atom stereocenters. The maximum Gasteiger partial charge on any atom is 0.310 e. The average molecular weight is 347 g/mol. The van der Waals surface area contributed by atoms with E-state index in [1.807, 2.05) is 0 Å². The van der Waals surface area contributed by atoms with E-state index in [2.05, 4.69) is 18.4 Å². The normalized spacial score (nSPS) is 45.0. The van der Waals surface area contributed by atoms with Gasteiger partial charge in [-0.1, -0.05) is 25.5 Å². The molecule has 4 aliphatic rings. The Kier molecular flexibility index (Phi) is 4.70. The van der Waals surface area contributed by atoms with E-state index < -0.39 is 0 Å². The molecule has 4 nitrogen and oxygen atoms in total. The third-order valence-corrected chi connectivity index (χ3v) is 7.71. The first-order chi connectivity index (χ1) is 12.0. The Morgan fingerprint density at radius 3 is 3.00 bits per heavy atom. The van der Waals surface area contributed by atoms with Gasteiger partial charge in [-0.2, -0.15) is 0 Å². The summed E-state index contributed by atoms with van der Waals surface area (Å²) in [5.74, 6) is 0.873. The Morgan fingerprint density at radius 2 is 2.20 bits per heavy atom. The van der Waals surface area contributed by atoms with E-state index in [4.69, 9.17) is 4.74 Å². The molecule has 0 aromatic rings. The van der Waals surface area contributed by atoms with Gasteiger partial charge in [0.1, 0.15) is 6.10 Å². The predicted octanol–water partition coefficient (Wildman–Crippen LogP) is 3.15. The summed E-state index contributed by atoms with van der Waals surface area (Å²) in [5, 5.41) is 9.69. The van der Waals surface area contributed by atoms with E-state index in [0.29, 0.717) is 11.8 Å². The summed E-state index contributed by atoms with van der Waals surface area (Å²) in [7, 11) is 0. The smallest absolute Gasteiger partial charge is 0.310 e. The van der Waals surface area contributed by atoms with E-state index in [1.54, 1.807) is 0 Å². The molecule has 25 heavy (non-hydrogen) atoms. The van der Waals surface area contributed by atoms with Gasteiger partial charge in [-0.3, -0.25) is 9.69 Å². The SMILES string of the molecule is C=C1CCC[C@]2(C)C[C@H]3OC(=O)[C@H](CN4CCCC[C@H]4CO)[C@H]3C[C@H]12. The molecule has 1 N–H and O–H groups in total. The largest absolute Gasteiger partial charge is 0.462 e. The molecule has 0 spiro atoms. The molecule has 2 saturated heterocycles. The van der Waals surface area contributed by atoms with Crippen LogP contribution in [0.5, 0.6) is 0 Å². The summed E-state index contributed by atoms with van der Waals surface area (Å²) in [6, 6.07) is 0.221. The summed E-state index contributed by atoms with van der Waals surface area (Å²) in [6.45, 7) is 8.72. The van der Waals surface area contributed by atoms with Crippen LogP contribution in [-0.4, -0.2) is 47.8 Å². The lowest BCUT2D eigenvalue weighted by atomic mass is 9.55. The molecule has 2 saturated carbocycles. The number of rotatable bonds is 3. The summed E-state index contributed by atoms with van der Waals surface area (Å²) in [6.07, 6.45) is 9.18. The molecule has 0 amide bonds. The van der Waals surface area contributed by atoms with Crippen LogP contribution in [0.4, 0.5) is 0 Å². The van der Waals surface area contributed by atoms with Gasteiger partial charge >= 0.3 is 5.97 Å². The first-order valence-corrected chi connectivity index (χ1v) is 10.2. The number of likely N-dealkylation sites (tertiary alicyclic amines) is 1. The topological polar surface area (TPSA) is 49.8 Å². The average Bonchev–Trinajstić information content (AvgIpc) is 2.88. The lowest BCUT2D eigenvalue weighted by molar-refractivity contribution is -0.146. The standard InChI is InChI=1S/C21H33NO3/c1-14-6-5-8-21(2)11-19-16(10-18(14)21)17(20(24)25-19)12-22-9-4-3-7-15(22)13-23/h15-19,23H,1,3-13H2,2H3/t15-,16+,17+,18+,19+,21+/m0/s1. The Bertz CT molecular complexity index is 547. The summed E-state index contributed by atoms with van der Waals surface area (Å²) < 4.78 is 5.88. The van der Waals surface area contributed by atoms with E-state index in [0.717, 1.165) is 38.8 Å². The molecule has 140 valence electrons. The van der Waals surface area contributed by atoms with Crippen molar-refractivity contribution in [2.75, 3.05) is 19.7 Å². The third-order valence-electron chi connectivity index (χ3n) is 7.71. The molecule has 2 heterocycles. The molecule has 0 aromatic carbocycles. The number of hydrogen-bond donors (Lipinski definition) is 1. The zero-order chi connectivity index (χ0) is 17.6. The van der Waals surface area contributed by atoms with Crippen LogP contribution in [-0.2, 0) is 9.53 Å². The van der Waals surface area contributed by atoms with Gasteiger partial charge in [-0.25, -0.2) is 0 Å². The van der Waals surface area contributed by atoms with Crippen LogP contribution in [0.1, 0.15) is 58.3 Å². The zero-order valence-corrected chi connectivity index (χ0v) is 15.6. The zero-order valence-electron chi connectivity index (χ0n) is 15.6. The van der Waals surface area contributed by atoms with Crippen molar-refractivity contribution in [3.05, 3.63) is 12.2 Å². The molecule has 2 aliphatic heterocycles. The minimum atomic E-state index is -0.0172. The number of hydrogen-bond acceptors (Lipinski definition) is 4. The van der Waals surface area contributed by atoms with Crippen molar-refractivity contribution in [3.8, 4) is 0 Å². The van der Waals surface area contributed by atoms with Gasteiger partial charge in [0, 0.05) is 18.5 Å². The van der Waals surface area contributed by atoms with Crippen LogP contribution in [0.2, 0.25) is 0 Å². The highest BCUT2D eigenvalue weighted by molar-refractivity contribution is 5.75. The van der Waals surface area contributed by atoms with E-state index >= 15 is 0 Å². The van der Waals surface area contributed by atoms with Crippen molar-refractivity contribution < 1.29 is 14.6 Å². The summed E-state index contributed by atoms with van der Waals surface area (Å²) in [4.78, 5) is 15.0. The van der Waals surface area contributed by atoms with Crippen LogP contribution in [0, 0.1) is 23.2 Å². The Hall–Kier alpha value is -0.870. The molecular formula is C21H33NO3.